The highest BCUT2D eigenvalue weighted by Crippen LogP contribution is 2.19. The maximum Gasteiger partial charge on any atom is 0.272 e. The standard InChI is InChI=1S/C22H17N3O2/c26-21-19-9-5-4-6-15(19)14-20(25-21)22(27)24-18-12-10-17(11-13-18)23-16-7-2-1-3-8-16/h1-14,23H,(H,24,27)(H,25,26). The summed E-state index contributed by atoms with van der Waals surface area (Å²) in [5.74, 6) is -0.360. The molecule has 4 rings (SSSR count). The van der Waals surface area contributed by atoms with Gasteiger partial charge in [-0.3, -0.25) is 9.59 Å². The number of carbonyl (C=O) groups is 1. The van der Waals surface area contributed by atoms with Crippen molar-refractivity contribution in [3.8, 4) is 0 Å². The highest BCUT2D eigenvalue weighted by atomic mass is 16.2. The van der Waals surface area contributed by atoms with Crippen LogP contribution >= 0.6 is 0 Å². The van der Waals surface area contributed by atoms with Crippen LogP contribution in [0.15, 0.2) is 89.7 Å². The van der Waals surface area contributed by atoms with Crippen molar-refractivity contribution in [3.63, 3.8) is 0 Å². The van der Waals surface area contributed by atoms with Crippen molar-refractivity contribution >= 4 is 33.7 Å². The summed E-state index contributed by atoms with van der Waals surface area (Å²) >= 11 is 0. The van der Waals surface area contributed by atoms with Gasteiger partial charge in [0.05, 0.1) is 0 Å². The van der Waals surface area contributed by atoms with Gasteiger partial charge in [0.2, 0.25) is 0 Å². The van der Waals surface area contributed by atoms with Crippen LogP contribution in [0.1, 0.15) is 10.5 Å². The van der Waals surface area contributed by atoms with Gasteiger partial charge in [0, 0.05) is 22.4 Å². The molecule has 1 aromatic heterocycles. The molecule has 5 heteroatoms. The number of aromatic nitrogens is 1. The Morgan fingerprint density at radius 1 is 0.741 bits per heavy atom. The Morgan fingerprint density at radius 3 is 2.15 bits per heavy atom. The first kappa shape index (κ1) is 16.6. The lowest BCUT2D eigenvalue weighted by Crippen LogP contribution is -2.18. The van der Waals surface area contributed by atoms with Gasteiger partial charge in [-0.15, -0.1) is 0 Å². The van der Waals surface area contributed by atoms with Gasteiger partial charge in [-0.05, 0) is 53.9 Å². The molecule has 0 saturated heterocycles. The summed E-state index contributed by atoms with van der Waals surface area (Å²) in [4.78, 5) is 27.3. The van der Waals surface area contributed by atoms with Gasteiger partial charge < -0.3 is 15.6 Å². The molecule has 5 nitrogen and oxygen atoms in total. The Morgan fingerprint density at radius 2 is 1.37 bits per heavy atom. The van der Waals surface area contributed by atoms with Crippen LogP contribution in [0.2, 0.25) is 0 Å². The van der Waals surface area contributed by atoms with Crippen LogP contribution in [0.3, 0.4) is 0 Å². The number of para-hydroxylation sites is 1. The third kappa shape index (κ3) is 3.72. The fourth-order valence-electron chi connectivity index (χ4n) is 2.86. The van der Waals surface area contributed by atoms with E-state index < -0.39 is 0 Å². The van der Waals surface area contributed by atoms with Crippen LogP contribution in [0.4, 0.5) is 17.1 Å². The van der Waals surface area contributed by atoms with Crippen molar-refractivity contribution in [1.82, 2.24) is 4.98 Å². The second-order valence-electron chi connectivity index (χ2n) is 6.12. The molecule has 4 aromatic rings. The van der Waals surface area contributed by atoms with Crippen LogP contribution in [-0.2, 0) is 0 Å². The number of fused-ring (bicyclic) bond motifs is 1. The van der Waals surface area contributed by atoms with Crippen molar-refractivity contribution in [2.75, 3.05) is 10.6 Å². The molecule has 0 bridgehead atoms. The largest absolute Gasteiger partial charge is 0.356 e. The summed E-state index contributed by atoms with van der Waals surface area (Å²) in [6.45, 7) is 0. The minimum atomic E-state index is -0.360. The molecule has 0 aliphatic heterocycles. The van der Waals surface area contributed by atoms with E-state index in [1.807, 2.05) is 66.7 Å². The average molecular weight is 355 g/mol. The molecule has 0 spiro atoms. The third-order valence-electron chi connectivity index (χ3n) is 4.20. The van der Waals surface area contributed by atoms with E-state index in [-0.39, 0.29) is 17.2 Å². The minimum absolute atomic E-state index is 0.227. The van der Waals surface area contributed by atoms with Gasteiger partial charge in [0.25, 0.3) is 11.5 Å². The average Bonchev–Trinajstić information content (AvgIpc) is 2.70. The Hall–Kier alpha value is -3.86. The van der Waals surface area contributed by atoms with E-state index in [1.165, 1.54) is 0 Å². The number of H-pyrrole nitrogens is 1. The molecular formula is C22H17N3O2. The molecule has 0 unspecified atom stereocenters. The molecule has 0 saturated carbocycles. The zero-order valence-electron chi connectivity index (χ0n) is 14.4. The molecule has 3 aromatic carbocycles. The quantitative estimate of drug-likeness (QED) is 0.504. The highest BCUT2D eigenvalue weighted by molar-refractivity contribution is 6.04. The van der Waals surface area contributed by atoms with E-state index in [0.29, 0.717) is 11.1 Å². The SMILES string of the molecule is O=C(Nc1ccc(Nc2ccccc2)cc1)c1cc2ccccc2c(=O)[nH]1. The first-order valence-electron chi connectivity index (χ1n) is 8.54. The lowest BCUT2D eigenvalue weighted by atomic mass is 10.1. The van der Waals surface area contributed by atoms with Crippen LogP contribution in [0, 0.1) is 0 Å². The molecule has 0 aliphatic rings. The fourth-order valence-corrected chi connectivity index (χ4v) is 2.86. The normalized spacial score (nSPS) is 10.5. The number of hydrogen-bond donors (Lipinski definition) is 3. The van der Waals surface area contributed by atoms with Crippen molar-refractivity contribution < 1.29 is 4.79 Å². The van der Waals surface area contributed by atoms with Gasteiger partial charge >= 0.3 is 0 Å². The maximum atomic E-state index is 12.5. The maximum absolute atomic E-state index is 12.5. The number of rotatable bonds is 4. The van der Waals surface area contributed by atoms with Crippen molar-refractivity contribution in [2.24, 2.45) is 0 Å². The summed E-state index contributed by atoms with van der Waals surface area (Å²) in [5.41, 5.74) is 2.50. The van der Waals surface area contributed by atoms with Gasteiger partial charge in [-0.25, -0.2) is 0 Å². The van der Waals surface area contributed by atoms with Crippen LogP contribution in [0.5, 0.6) is 0 Å². The second-order valence-corrected chi connectivity index (χ2v) is 6.12. The monoisotopic (exact) mass is 355 g/mol. The third-order valence-corrected chi connectivity index (χ3v) is 4.20. The number of nitrogens with one attached hydrogen (secondary N) is 3. The smallest absolute Gasteiger partial charge is 0.272 e. The summed E-state index contributed by atoms with van der Waals surface area (Å²) in [5, 5.41) is 7.38. The van der Waals surface area contributed by atoms with Crippen molar-refractivity contribution in [3.05, 3.63) is 101 Å². The fraction of sp³-hybridized carbons (Fsp3) is 0. The van der Waals surface area contributed by atoms with E-state index >= 15 is 0 Å². The lowest BCUT2D eigenvalue weighted by Gasteiger charge is -2.09. The molecule has 0 radical (unpaired) electrons. The van der Waals surface area contributed by atoms with Gasteiger partial charge in [0.1, 0.15) is 5.69 Å². The number of benzene rings is 3. The van der Waals surface area contributed by atoms with E-state index in [2.05, 4.69) is 15.6 Å². The van der Waals surface area contributed by atoms with E-state index in [0.717, 1.165) is 16.8 Å². The number of aromatic amines is 1. The number of hydrogen-bond acceptors (Lipinski definition) is 3. The number of pyridine rings is 1. The molecule has 0 aliphatic carbocycles. The molecular weight excluding hydrogens is 338 g/mol. The predicted molar refractivity (Wildman–Crippen MR) is 109 cm³/mol. The van der Waals surface area contributed by atoms with E-state index in [1.54, 1.807) is 18.2 Å². The first-order chi connectivity index (χ1) is 13.2. The number of carbonyl (C=O) groups excluding carboxylic acids is 1. The van der Waals surface area contributed by atoms with Crippen molar-refractivity contribution in [2.45, 2.75) is 0 Å². The zero-order chi connectivity index (χ0) is 18.6. The molecule has 1 heterocycles. The Labute approximate surface area is 155 Å². The Kier molecular flexibility index (Phi) is 4.41. The minimum Gasteiger partial charge on any atom is -0.356 e. The second kappa shape index (κ2) is 7.17. The lowest BCUT2D eigenvalue weighted by molar-refractivity contribution is 0.102. The Balaban J connectivity index is 1.50. The summed E-state index contributed by atoms with van der Waals surface area (Å²) in [6.07, 6.45) is 0. The first-order valence-corrected chi connectivity index (χ1v) is 8.54. The zero-order valence-corrected chi connectivity index (χ0v) is 14.4. The van der Waals surface area contributed by atoms with Gasteiger partial charge in [-0.1, -0.05) is 36.4 Å². The van der Waals surface area contributed by atoms with Crippen molar-refractivity contribution in [1.29, 1.82) is 0 Å². The van der Waals surface area contributed by atoms with E-state index in [9.17, 15) is 9.59 Å². The predicted octanol–water partition coefficient (Wildman–Crippen LogP) is 4.52. The topological polar surface area (TPSA) is 74.0 Å². The summed E-state index contributed by atoms with van der Waals surface area (Å²) in [6, 6.07) is 26.1. The molecule has 1 amide bonds. The number of anilines is 3. The highest BCUT2D eigenvalue weighted by Gasteiger charge is 2.10. The summed E-state index contributed by atoms with van der Waals surface area (Å²) < 4.78 is 0. The molecule has 0 fully saturated rings. The van der Waals surface area contributed by atoms with Crippen LogP contribution in [0.25, 0.3) is 10.8 Å². The molecule has 132 valence electrons. The summed E-state index contributed by atoms with van der Waals surface area (Å²) in [7, 11) is 0. The number of amides is 1. The molecule has 0 atom stereocenters. The van der Waals surface area contributed by atoms with Gasteiger partial charge in [-0.2, -0.15) is 0 Å². The molecule has 27 heavy (non-hydrogen) atoms. The van der Waals surface area contributed by atoms with Crippen LogP contribution < -0.4 is 16.2 Å². The Bertz CT molecular complexity index is 1150. The molecule has 3 N–H and O–H groups in total. The van der Waals surface area contributed by atoms with E-state index in [4.69, 9.17) is 0 Å². The van der Waals surface area contributed by atoms with Crippen LogP contribution in [-0.4, -0.2) is 10.9 Å². The van der Waals surface area contributed by atoms with Gasteiger partial charge in [0.15, 0.2) is 0 Å².